The van der Waals surface area contributed by atoms with E-state index < -0.39 is 15.3 Å². The van der Waals surface area contributed by atoms with Gasteiger partial charge in [-0.25, -0.2) is 14.8 Å². The van der Waals surface area contributed by atoms with Gasteiger partial charge in [0.15, 0.2) is 0 Å². The monoisotopic (exact) mass is 343 g/mol. The summed E-state index contributed by atoms with van der Waals surface area (Å²) in [5, 5.41) is 2.23. The fourth-order valence-electron chi connectivity index (χ4n) is 1.07. The fraction of sp³-hybridized carbons (Fsp3) is 0.500. The van der Waals surface area contributed by atoms with E-state index in [1.165, 1.54) is 6.33 Å². The Morgan fingerprint density at radius 3 is 2.74 bits per heavy atom. The van der Waals surface area contributed by atoms with Gasteiger partial charge in [0.2, 0.25) is 3.79 Å². The number of alkyl carbamates (subject to hydrolysis) is 1. The Balaban J connectivity index is 2.78. The van der Waals surface area contributed by atoms with Gasteiger partial charge in [-0.3, -0.25) is 0 Å². The lowest BCUT2D eigenvalue weighted by Gasteiger charge is -2.24. The summed E-state index contributed by atoms with van der Waals surface area (Å²) in [7, 11) is 0. The van der Waals surface area contributed by atoms with Crippen molar-refractivity contribution in [2.45, 2.75) is 28.0 Å². The Morgan fingerprint density at radius 2 is 2.21 bits per heavy atom. The smallest absolute Gasteiger partial charge is 0.408 e. The Labute approximate surface area is 130 Å². The molecular formula is C10H12Cl3N3O2S. The molecule has 0 aliphatic heterocycles. The van der Waals surface area contributed by atoms with Gasteiger partial charge < -0.3 is 10.1 Å². The molecule has 0 radical (unpaired) electrons. The van der Waals surface area contributed by atoms with E-state index in [9.17, 15) is 4.79 Å². The summed E-state index contributed by atoms with van der Waals surface area (Å²) < 4.78 is 3.06. The summed E-state index contributed by atoms with van der Waals surface area (Å²) in [6.07, 6.45) is 0.745. The van der Waals surface area contributed by atoms with E-state index in [-0.39, 0.29) is 6.61 Å². The molecule has 19 heavy (non-hydrogen) atoms. The van der Waals surface area contributed by atoms with Gasteiger partial charge in [0.25, 0.3) is 0 Å². The summed E-state index contributed by atoms with van der Waals surface area (Å²) in [6.45, 7) is 3.73. The maximum absolute atomic E-state index is 11.4. The highest BCUT2D eigenvalue weighted by Crippen LogP contribution is 2.38. The molecule has 0 unspecified atom stereocenters. The van der Waals surface area contributed by atoms with Crippen molar-refractivity contribution in [1.29, 1.82) is 0 Å². The molecule has 1 atom stereocenters. The Hall–Kier alpha value is -0.430. The molecule has 106 valence electrons. The molecule has 0 saturated carbocycles. The topological polar surface area (TPSA) is 64.1 Å². The maximum Gasteiger partial charge on any atom is 0.408 e. The molecule has 1 N–H and O–H groups in total. The number of amides is 1. The first-order valence-corrected chi connectivity index (χ1v) is 7.29. The van der Waals surface area contributed by atoms with Gasteiger partial charge in [0.1, 0.15) is 16.7 Å². The predicted molar refractivity (Wildman–Crippen MR) is 76.9 cm³/mol. The number of nitrogens with zero attached hydrogens (tertiary/aromatic N) is 2. The third kappa shape index (κ3) is 6.03. The van der Waals surface area contributed by atoms with Crippen molar-refractivity contribution in [3.63, 3.8) is 0 Å². The van der Waals surface area contributed by atoms with E-state index in [2.05, 4.69) is 15.3 Å². The van der Waals surface area contributed by atoms with Gasteiger partial charge in [0.05, 0.1) is 6.61 Å². The Morgan fingerprint density at radius 1 is 1.53 bits per heavy atom. The van der Waals surface area contributed by atoms with Crippen LogP contribution in [0.1, 0.15) is 12.6 Å². The number of hydrogen-bond acceptors (Lipinski definition) is 5. The number of alkyl halides is 3. The Kier molecular flexibility index (Phi) is 6.46. The van der Waals surface area contributed by atoms with E-state index in [0.717, 1.165) is 17.5 Å². The minimum atomic E-state index is -1.70. The summed E-state index contributed by atoms with van der Waals surface area (Å²) >= 11 is 18.6. The number of aryl methyl sites for hydroxylation is 1. The lowest BCUT2D eigenvalue weighted by Crippen LogP contribution is -2.41. The molecule has 1 aromatic heterocycles. The number of thioether (sulfide) groups is 1. The third-order valence-electron chi connectivity index (χ3n) is 1.84. The predicted octanol–water partition coefficient (Wildman–Crippen LogP) is 3.32. The molecule has 0 aliphatic carbocycles. The fourth-order valence-corrected chi connectivity index (χ4v) is 2.51. The second-order valence-corrected chi connectivity index (χ2v) is 6.90. The summed E-state index contributed by atoms with van der Waals surface area (Å²) in [5.74, 6) is 0. The quantitative estimate of drug-likeness (QED) is 0.393. The van der Waals surface area contributed by atoms with Crippen LogP contribution in [0.4, 0.5) is 4.79 Å². The molecule has 0 fully saturated rings. The van der Waals surface area contributed by atoms with Crippen molar-refractivity contribution in [2.75, 3.05) is 6.61 Å². The van der Waals surface area contributed by atoms with Crippen LogP contribution in [0.5, 0.6) is 0 Å². The number of aromatic nitrogens is 2. The first kappa shape index (κ1) is 16.6. The lowest BCUT2D eigenvalue weighted by atomic mass is 10.5. The van der Waals surface area contributed by atoms with E-state index in [1.54, 1.807) is 13.0 Å². The zero-order valence-corrected chi connectivity index (χ0v) is 13.3. The summed E-state index contributed by atoms with van der Waals surface area (Å²) in [4.78, 5) is 19.4. The van der Waals surface area contributed by atoms with Crippen LogP contribution in [-0.2, 0) is 4.74 Å². The van der Waals surface area contributed by atoms with Gasteiger partial charge in [-0.2, -0.15) is 0 Å². The standard InChI is InChI=1S/C10H12Cl3N3O2S/c1-3-18-9(17)16-8(10(11,12)13)19-7-4-6(2)14-5-15-7/h4-5,8H,3H2,1-2H3,(H,16,17)/t8-/m0/s1. The lowest BCUT2D eigenvalue weighted by molar-refractivity contribution is 0.151. The van der Waals surface area contributed by atoms with Crippen molar-refractivity contribution in [1.82, 2.24) is 15.3 Å². The largest absolute Gasteiger partial charge is 0.450 e. The van der Waals surface area contributed by atoms with Gasteiger partial charge >= 0.3 is 6.09 Å². The highest BCUT2D eigenvalue weighted by molar-refractivity contribution is 8.00. The molecule has 0 saturated heterocycles. The molecule has 0 spiro atoms. The minimum Gasteiger partial charge on any atom is -0.450 e. The van der Waals surface area contributed by atoms with E-state index in [1.807, 2.05) is 6.92 Å². The number of nitrogens with one attached hydrogen (secondary N) is 1. The zero-order valence-electron chi connectivity index (χ0n) is 10.2. The molecule has 1 heterocycles. The number of hydrogen-bond donors (Lipinski definition) is 1. The normalized spacial score (nSPS) is 12.9. The van der Waals surface area contributed by atoms with Crippen LogP contribution in [0, 0.1) is 6.92 Å². The molecule has 0 bridgehead atoms. The van der Waals surface area contributed by atoms with Crippen LogP contribution in [0.15, 0.2) is 17.4 Å². The molecule has 0 aliphatic rings. The van der Waals surface area contributed by atoms with Gasteiger partial charge in [0, 0.05) is 5.69 Å². The van der Waals surface area contributed by atoms with E-state index >= 15 is 0 Å². The van der Waals surface area contributed by atoms with Crippen LogP contribution in [0.2, 0.25) is 0 Å². The van der Waals surface area contributed by atoms with Gasteiger partial charge in [-0.15, -0.1) is 0 Å². The first-order chi connectivity index (χ1) is 8.82. The van der Waals surface area contributed by atoms with Gasteiger partial charge in [-0.05, 0) is 19.9 Å². The van der Waals surface area contributed by atoms with E-state index in [4.69, 9.17) is 39.5 Å². The number of rotatable bonds is 4. The molecule has 1 rings (SSSR count). The second kappa shape index (κ2) is 7.38. The molecule has 9 heteroatoms. The number of carbonyl (C=O) groups is 1. The first-order valence-electron chi connectivity index (χ1n) is 5.28. The van der Waals surface area contributed by atoms with E-state index in [0.29, 0.717) is 5.03 Å². The maximum atomic E-state index is 11.4. The van der Waals surface area contributed by atoms with Crippen LogP contribution in [0.25, 0.3) is 0 Å². The van der Waals surface area contributed by atoms with Crippen molar-refractivity contribution >= 4 is 52.7 Å². The van der Waals surface area contributed by atoms with Crippen molar-refractivity contribution in [3.05, 3.63) is 18.1 Å². The highest BCUT2D eigenvalue weighted by Gasteiger charge is 2.35. The Bertz CT molecular complexity index is 442. The van der Waals surface area contributed by atoms with Gasteiger partial charge in [-0.1, -0.05) is 46.6 Å². The van der Waals surface area contributed by atoms with Crippen LogP contribution in [0.3, 0.4) is 0 Å². The van der Waals surface area contributed by atoms with Crippen LogP contribution >= 0.6 is 46.6 Å². The number of halogens is 3. The molecule has 1 aromatic rings. The van der Waals surface area contributed by atoms with Crippen molar-refractivity contribution in [3.8, 4) is 0 Å². The number of carbonyl (C=O) groups excluding carboxylic acids is 1. The third-order valence-corrected chi connectivity index (χ3v) is 4.05. The SMILES string of the molecule is CCOC(=O)N[C@@H](Sc1cc(C)ncn1)C(Cl)(Cl)Cl. The average Bonchev–Trinajstić information content (AvgIpc) is 2.27. The second-order valence-electron chi connectivity index (χ2n) is 3.40. The summed E-state index contributed by atoms with van der Waals surface area (Å²) in [5.41, 5.74) is 0.775. The average molecular weight is 345 g/mol. The zero-order chi connectivity index (χ0) is 14.5. The molecule has 0 aromatic carbocycles. The number of ether oxygens (including phenoxy) is 1. The van der Waals surface area contributed by atoms with Crippen LogP contribution < -0.4 is 5.32 Å². The minimum absolute atomic E-state index is 0.232. The summed E-state index contributed by atoms with van der Waals surface area (Å²) in [6, 6.07) is 1.72. The molecule has 1 amide bonds. The molecular weight excluding hydrogens is 333 g/mol. The molecule has 5 nitrogen and oxygen atoms in total. The van der Waals surface area contributed by atoms with Crippen molar-refractivity contribution < 1.29 is 9.53 Å². The van der Waals surface area contributed by atoms with Crippen LogP contribution in [-0.4, -0.2) is 31.8 Å². The highest BCUT2D eigenvalue weighted by atomic mass is 35.6. The van der Waals surface area contributed by atoms with Crippen molar-refractivity contribution in [2.24, 2.45) is 0 Å².